The zero-order valence-corrected chi connectivity index (χ0v) is 30.6. The Labute approximate surface area is 325 Å². The summed E-state index contributed by atoms with van der Waals surface area (Å²) in [6.45, 7) is 10.1. The summed E-state index contributed by atoms with van der Waals surface area (Å²) in [6, 6.07) is 0. The number of hydrogen-bond donors (Lipinski definition) is 4. The van der Waals surface area contributed by atoms with Gasteiger partial charge in [-0.1, -0.05) is 19.7 Å². The summed E-state index contributed by atoms with van der Waals surface area (Å²) in [4.78, 5) is 101. The van der Waals surface area contributed by atoms with E-state index in [0.717, 1.165) is 34.0 Å². The number of carboxylic acids is 4. The molecule has 14 nitrogen and oxygen atoms in total. The van der Waals surface area contributed by atoms with Gasteiger partial charge in [-0.25, -0.2) is 0 Å². The molecular formula is C24H36K2O14. The Morgan fingerprint density at radius 1 is 0.475 bits per heavy atom. The van der Waals surface area contributed by atoms with Gasteiger partial charge in [0.05, 0.1) is 8.64 Å². The van der Waals surface area contributed by atoms with Crippen LogP contribution in [0.4, 0.5) is 0 Å². The van der Waals surface area contributed by atoms with E-state index >= 15 is 0 Å². The van der Waals surface area contributed by atoms with Crippen molar-refractivity contribution in [2.75, 3.05) is 0 Å². The molecule has 0 aliphatic rings. The minimum atomic E-state index is -2.42. The van der Waals surface area contributed by atoms with E-state index in [4.69, 9.17) is 27.3 Å². The third kappa shape index (κ3) is 39.3. The summed E-state index contributed by atoms with van der Waals surface area (Å²) in [5.74, 6) is -17.8. The van der Waals surface area contributed by atoms with Crippen molar-refractivity contribution in [2.45, 2.75) is 62.3 Å². The monoisotopic (exact) mass is 631 g/mol. The molecule has 0 radical (unpaired) electrons. The first-order chi connectivity index (χ1) is 18.7. The molecule has 0 aromatic heterocycles. The van der Waals surface area contributed by atoms with E-state index in [1.807, 2.05) is 0 Å². The first-order valence-electron chi connectivity index (χ1n) is 12.4. The average Bonchev–Trinajstić information content (AvgIpc) is 2.84. The molecule has 3 unspecified atom stereocenters. The molecule has 0 heterocycles. The van der Waals surface area contributed by atoms with Crippen molar-refractivity contribution >= 4 is 59.6 Å². The second-order valence-electron chi connectivity index (χ2n) is 6.77. The van der Waals surface area contributed by atoms with E-state index in [1.54, 1.807) is 0 Å². The molecule has 0 aromatic carbocycles. The van der Waals surface area contributed by atoms with Gasteiger partial charge in [0, 0.05) is 4.11 Å². The first kappa shape index (κ1) is 41.3. The second kappa shape index (κ2) is 32.7. The van der Waals surface area contributed by atoms with Crippen molar-refractivity contribution in [1.82, 2.24) is 0 Å². The fraction of sp³-hybridized carbons (Fsp3) is 0.583. The van der Waals surface area contributed by atoms with Crippen LogP contribution in [-0.4, -0.2) is 80.0 Å². The Bertz CT molecular complexity index is 925. The van der Waals surface area contributed by atoms with Crippen LogP contribution in [0.2, 0.25) is 0 Å². The maximum absolute atomic E-state index is 10.5. The smallest absolute Gasteiger partial charge is 0.541 e. The topological polar surface area (TPSA) is 252 Å². The molecule has 0 saturated heterocycles. The van der Waals surface area contributed by atoms with Crippen LogP contribution in [0.1, 0.15) is 69.2 Å². The largest absolute Gasteiger partial charge is 1.00 e. The molecule has 16 heteroatoms. The van der Waals surface area contributed by atoms with E-state index in [-0.39, 0.29) is 103 Å². The van der Waals surface area contributed by atoms with Gasteiger partial charge in [0.2, 0.25) is 0 Å². The molecule has 40 heavy (non-hydrogen) atoms. The number of hydrogen-bond acceptors (Lipinski definition) is 10. The summed E-state index contributed by atoms with van der Waals surface area (Å²) in [6.07, 6.45) is 2.37. The molecule has 0 aliphatic heterocycles. The van der Waals surface area contributed by atoms with E-state index in [9.17, 15) is 47.9 Å². The van der Waals surface area contributed by atoms with Crippen LogP contribution in [0.3, 0.4) is 0 Å². The second-order valence-corrected chi connectivity index (χ2v) is 6.77. The molecule has 0 bridgehead atoms. The fourth-order valence-electron chi connectivity index (χ4n) is 0.605. The third-order valence-electron chi connectivity index (χ3n) is 3.70. The number of rotatable bonds is 10. The maximum Gasteiger partial charge on any atom is 1.00 e. The van der Waals surface area contributed by atoms with E-state index in [0.29, 0.717) is 0 Å². The molecule has 3 atom stereocenters. The van der Waals surface area contributed by atoms with E-state index in [2.05, 4.69) is 0 Å². The van der Waals surface area contributed by atoms with Crippen LogP contribution in [0.15, 0.2) is 0 Å². The molecule has 0 saturated carbocycles. The van der Waals surface area contributed by atoms with Crippen LogP contribution in [0.25, 0.3) is 0 Å². The summed E-state index contributed by atoms with van der Waals surface area (Å²) < 4.78 is 34.1. The zero-order valence-electron chi connectivity index (χ0n) is 29.4. The average molecular weight is 632 g/mol. The predicted octanol–water partition coefficient (Wildman–Crippen LogP) is -4.97. The van der Waals surface area contributed by atoms with Gasteiger partial charge in [-0.2, -0.15) is 0 Å². The van der Waals surface area contributed by atoms with Gasteiger partial charge in [-0.05, 0) is 54.4 Å². The van der Waals surface area contributed by atoms with Crippen LogP contribution in [0.5, 0.6) is 0 Å². The van der Waals surface area contributed by atoms with Gasteiger partial charge in [0.25, 0.3) is 5.97 Å². The molecule has 0 aliphatic carbocycles. The van der Waals surface area contributed by atoms with E-state index in [1.165, 1.54) is 40.9 Å². The molecule has 0 rings (SSSR count). The Morgan fingerprint density at radius 3 is 0.725 bits per heavy atom. The van der Waals surface area contributed by atoms with Crippen molar-refractivity contribution in [3.8, 4) is 0 Å². The Morgan fingerprint density at radius 2 is 0.725 bits per heavy atom. The van der Waals surface area contributed by atoms with Gasteiger partial charge in [-0.3, -0.25) is 46.1 Å². The fourth-order valence-corrected chi connectivity index (χ4v) is 0.605. The molecule has 218 valence electrons. The number of ketones is 4. The summed E-state index contributed by atoms with van der Waals surface area (Å²) in [5.41, 5.74) is 0. The van der Waals surface area contributed by atoms with Gasteiger partial charge < -0.3 is 34.8 Å². The standard InChI is InChI=1S/C6H10O2.C5H8O3.C5H7O2.C4H6O4.C4H5O3.2K/c1-4(5(2)7)6(3)8;1-3(4(2)6)5(7)8;1-4(3-6)5(2)7;1-2(3(5)6)4(7)8;1-3(2-5)4(6)7;;/h4H,1-3H3;3H,1-2H3,(H,7,8);4H,1-2H3;2H,1H3,(H,5,6)(H,7,8);3H,1H3,(H,6,7);;/q;;-1;;-1;2*+1/i4D;3D;4D;2D;3D;;. The van der Waals surface area contributed by atoms with E-state index < -0.39 is 76.5 Å². The first-order valence-corrected chi connectivity index (χ1v) is 9.94. The minimum absolute atomic E-state index is 0. The minimum Gasteiger partial charge on any atom is -0.541 e. The van der Waals surface area contributed by atoms with Crippen LogP contribution in [-0.2, 0) is 47.9 Å². The number of carboxylic acid groups (broad SMARTS) is 4. The maximum atomic E-state index is 10.5. The molecule has 4 N–H and O–H groups in total. The Balaban J connectivity index is -0.0000000794. The summed E-state index contributed by atoms with van der Waals surface area (Å²) in [7, 11) is 0. The van der Waals surface area contributed by atoms with Crippen LogP contribution >= 0.6 is 0 Å². The van der Waals surface area contributed by atoms with Crippen LogP contribution in [0, 0.1) is 29.5 Å². The van der Waals surface area contributed by atoms with Gasteiger partial charge >= 0.3 is 121 Å². The summed E-state index contributed by atoms with van der Waals surface area (Å²) >= 11 is 0. The Kier molecular flexibility index (Phi) is 33.8. The van der Waals surface area contributed by atoms with Crippen molar-refractivity contribution in [2.24, 2.45) is 29.5 Å². The molecule has 0 spiro atoms. The normalized spacial score (nSPS) is 15.5. The molecule has 0 aromatic rings. The zero-order chi connectivity index (χ0) is 36.5. The van der Waals surface area contributed by atoms with Gasteiger partial charge in [0.15, 0.2) is 5.89 Å². The van der Waals surface area contributed by atoms with Crippen molar-refractivity contribution < 1.29 is 178 Å². The molecule has 0 fully saturated rings. The predicted molar refractivity (Wildman–Crippen MR) is 130 cm³/mol. The van der Waals surface area contributed by atoms with Crippen LogP contribution < -0.4 is 103 Å². The van der Waals surface area contributed by atoms with Crippen molar-refractivity contribution in [1.29, 1.82) is 0 Å². The number of aliphatic carboxylic acids is 4. The van der Waals surface area contributed by atoms with Gasteiger partial charge in [0.1, 0.15) is 29.0 Å². The SMILES string of the molecule is [2H]C(C)(C(=O)O)C(=O)O.[2H]C(C)(C(C)=O)C(=O)O.[2H]C(C)(C(C)=O)C(C)=O.[2H]C(C)([C-]=O)C(=O)O.[2H]C(C)([C-]=O)C(C)=O.[K+].[K+]. The molecule has 0 amide bonds. The quantitative estimate of drug-likeness (QED) is 0.100. The number of carbonyl (C=O) groups excluding carboxylic acids is 6. The van der Waals surface area contributed by atoms with Crippen molar-refractivity contribution in [3.63, 3.8) is 0 Å². The Hall–Kier alpha value is -0.827. The number of carbonyl (C=O) groups is 8. The number of Topliss-reactive ketones (excluding diaryl/α,β-unsaturated/α-hetero) is 4. The van der Waals surface area contributed by atoms with Gasteiger partial charge in [-0.15, -0.1) is 0 Å². The van der Waals surface area contributed by atoms with Crippen molar-refractivity contribution in [3.05, 3.63) is 0 Å². The third-order valence-corrected chi connectivity index (χ3v) is 3.70. The summed E-state index contributed by atoms with van der Waals surface area (Å²) in [5, 5.41) is 32.3. The molecular weight excluding hydrogens is 590 g/mol.